The molecule has 3 rings (SSSR count). The van der Waals surface area contributed by atoms with Crippen molar-refractivity contribution >= 4 is 34.4 Å². The van der Waals surface area contributed by atoms with E-state index < -0.39 is 12.1 Å². The number of benzene rings is 1. The van der Waals surface area contributed by atoms with Crippen LogP contribution in [-0.4, -0.2) is 24.0 Å². The first-order valence-electron chi connectivity index (χ1n) is 8.64. The molecule has 0 radical (unpaired) electrons. The molecule has 1 aliphatic rings. The number of esters is 1. The Kier molecular flexibility index (Phi) is 5.33. The number of nitrogens with one attached hydrogen (secondary N) is 1. The van der Waals surface area contributed by atoms with E-state index in [2.05, 4.69) is 12.2 Å². The van der Waals surface area contributed by atoms with Crippen molar-refractivity contribution in [1.29, 1.82) is 0 Å². The molecule has 0 saturated heterocycles. The van der Waals surface area contributed by atoms with Crippen LogP contribution < -0.4 is 5.32 Å². The summed E-state index contributed by atoms with van der Waals surface area (Å²) in [6.45, 7) is 3.71. The number of carbonyl (C=O) groups excluding carboxylic acids is 2. The molecule has 6 heteroatoms. The van der Waals surface area contributed by atoms with Gasteiger partial charge in [-0.25, -0.2) is 4.79 Å². The van der Waals surface area contributed by atoms with Gasteiger partial charge in [0.2, 0.25) is 5.76 Å². The number of carbonyl (C=O) groups is 2. The van der Waals surface area contributed by atoms with Gasteiger partial charge in [-0.05, 0) is 49.9 Å². The van der Waals surface area contributed by atoms with Crippen molar-refractivity contribution in [2.45, 2.75) is 51.7 Å². The van der Waals surface area contributed by atoms with Gasteiger partial charge in [0.1, 0.15) is 5.58 Å². The Bertz CT molecular complexity index is 785. The lowest BCUT2D eigenvalue weighted by atomic mass is 9.86. The summed E-state index contributed by atoms with van der Waals surface area (Å²) < 4.78 is 10.7. The average molecular weight is 364 g/mol. The molecule has 1 aromatic heterocycles. The number of rotatable bonds is 4. The van der Waals surface area contributed by atoms with Gasteiger partial charge in [0.15, 0.2) is 6.10 Å². The maximum absolute atomic E-state index is 12.3. The molecule has 2 aromatic rings. The molecular weight excluding hydrogens is 342 g/mol. The molecule has 0 aliphatic heterocycles. The van der Waals surface area contributed by atoms with E-state index in [9.17, 15) is 9.59 Å². The Labute approximate surface area is 151 Å². The van der Waals surface area contributed by atoms with Gasteiger partial charge in [0.25, 0.3) is 5.91 Å². The van der Waals surface area contributed by atoms with Gasteiger partial charge in [-0.2, -0.15) is 0 Å². The molecule has 1 amide bonds. The second-order valence-electron chi connectivity index (χ2n) is 6.72. The first-order valence-corrected chi connectivity index (χ1v) is 9.02. The second kappa shape index (κ2) is 7.48. The van der Waals surface area contributed by atoms with E-state index in [1.165, 1.54) is 6.42 Å². The Morgan fingerprint density at radius 1 is 1.28 bits per heavy atom. The zero-order valence-corrected chi connectivity index (χ0v) is 15.1. The lowest BCUT2D eigenvalue weighted by Crippen LogP contribution is -2.45. The predicted molar refractivity (Wildman–Crippen MR) is 95.7 cm³/mol. The number of fused-ring (bicyclic) bond motifs is 1. The van der Waals surface area contributed by atoms with Crippen molar-refractivity contribution < 1.29 is 18.7 Å². The third kappa shape index (κ3) is 4.15. The van der Waals surface area contributed by atoms with Crippen LogP contribution in [0.2, 0.25) is 5.02 Å². The summed E-state index contributed by atoms with van der Waals surface area (Å²) in [5, 5.41) is 4.27. The van der Waals surface area contributed by atoms with Gasteiger partial charge < -0.3 is 14.5 Å². The molecule has 5 nitrogen and oxygen atoms in total. The molecule has 3 atom stereocenters. The monoisotopic (exact) mass is 363 g/mol. The summed E-state index contributed by atoms with van der Waals surface area (Å²) in [6, 6.07) is 6.80. The minimum absolute atomic E-state index is 0.0583. The Morgan fingerprint density at radius 3 is 2.80 bits per heavy atom. The lowest BCUT2D eigenvalue weighted by molar-refractivity contribution is -0.130. The number of hydrogen-bond donors (Lipinski definition) is 1. The highest BCUT2D eigenvalue weighted by Gasteiger charge is 2.27. The summed E-state index contributed by atoms with van der Waals surface area (Å²) in [5.74, 6) is -0.429. The first-order chi connectivity index (χ1) is 11.9. The van der Waals surface area contributed by atoms with Crippen LogP contribution >= 0.6 is 11.6 Å². The van der Waals surface area contributed by atoms with Crippen molar-refractivity contribution in [3.05, 3.63) is 35.0 Å². The van der Waals surface area contributed by atoms with Crippen molar-refractivity contribution in [1.82, 2.24) is 5.32 Å². The Balaban J connectivity index is 1.61. The predicted octanol–water partition coefficient (Wildman–Crippen LogP) is 4.33. The van der Waals surface area contributed by atoms with E-state index in [-0.39, 0.29) is 17.7 Å². The van der Waals surface area contributed by atoms with Crippen LogP contribution in [0.15, 0.2) is 28.7 Å². The van der Waals surface area contributed by atoms with Gasteiger partial charge in [0.05, 0.1) is 0 Å². The van der Waals surface area contributed by atoms with Crippen molar-refractivity contribution in [3.8, 4) is 0 Å². The van der Waals surface area contributed by atoms with Crippen LogP contribution in [0.4, 0.5) is 0 Å². The number of amides is 1. The van der Waals surface area contributed by atoms with Gasteiger partial charge >= 0.3 is 5.97 Å². The minimum atomic E-state index is -0.876. The molecule has 1 aromatic carbocycles. The highest BCUT2D eigenvalue weighted by Crippen LogP contribution is 2.25. The van der Waals surface area contributed by atoms with E-state index in [1.54, 1.807) is 31.2 Å². The molecule has 0 unspecified atom stereocenters. The van der Waals surface area contributed by atoms with Gasteiger partial charge in [0, 0.05) is 16.5 Å². The van der Waals surface area contributed by atoms with E-state index in [0.29, 0.717) is 21.9 Å². The molecule has 25 heavy (non-hydrogen) atoms. The largest absolute Gasteiger partial charge is 0.449 e. The summed E-state index contributed by atoms with van der Waals surface area (Å²) in [4.78, 5) is 24.5. The van der Waals surface area contributed by atoms with Crippen LogP contribution in [-0.2, 0) is 9.53 Å². The van der Waals surface area contributed by atoms with E-state index in [4.69, 9.17) is 20.8 Å². The third-order valence-electron chi connectivity index (χ3n) is 4.77. The van der Waals surface area contributed by atoms with Crippen molar-refractivity contribution in [3.63, 3.8) is 0 Å². The van der Waals surface area contributed by atoms with Crippen LogP contribution in [0.25, 0.3) is 11.0 Å². The molecule has 1 heterocycles. The molecule has 1 N–H and O–H groups in total. The van der Waals surface area contributed by atoms with Crippen LogP contribution in [0.5, 0.6) is 0 Å². The molecule has 1 fully saturated rings. The molecule has 0 bridgehead atoms. The maximum Gasteiger partial charge on any atom is 0.375 e. The Hall–Kier alpha value is -2.01. The quantitative estimate of drug-likeness (QED) is 0.821. The van der Waals surface area contributed by atoms with E-state index in [1.807, 2.05) is 0 Å². The maximum atomic E-state index is 12.3. The fraction of sp³-hybridized carbons (Fsp3) is 0.474. The fourth-order valence-corrected chi connectivity index (χ4v) is 3.40. The van der Waals surface area contributed by atoms with Gasteiger partial charge in [-0.1, -0.05) is 31.4 Å². The Morgan fingerprint density at radius 2 is 2.04 bits per heavy atom. The SMILES string of the molecule is C[C@@H]1CCCC[C@H]1NC(=O)[C@@H](C)OC(=O)c1cc2cc(Cl)ccc2o1. The molecular formula is C19H22ClNO4. The highest BCUT2D eigenvalue weighted by atomic mass is 35.5. The number of hydrogen-bond acceptors (Lipinski definition) is 4. The normalized spacial score (nSPS) is 21.7. The molecule has 1 aliphatic carbocycles. The minimum Gasteiger partial charge on any atom is -0.449 e. The zero-order valence-electron chi connectivity index (χ0n) is 14.4. The van der Waals surface area contributed by atoms with Gasteiger partial charge in [-0.3, -0.25) is 4.79 Å². The summed E-state index contributed by atoms with van der Waals surface area (Å²) in [7, 11) is 0. The molecule has 134 valence electrons. The summed E-state index contributed by atoms with van der Waals surface area (Å²) in [6.07, 6.45) is 3.52. The molecule has 0 spiro atoms. The number of halogens is 1. The van der Waals surface area contributed by atoms with Crippen molar-refractivity contribution in [2.75, 3.05) is 0 Å². The van der Waals surface area contributed by atoms with Crippen LogP contribution in [0.1, 0.15) is 50.1 Å². The number of furan rings is 1. The third-order valence-corrected chi connectivity index (χ3v) is 5.01. The lowest BCUT2D eigenvalue weighted by Gasteiger charge is -2.30. The molecule has 1 saturated carbocycles. The second-order valence-corrected chi connectivity index (χ2v) is 7.15. The first kappa shape index (κ1) is 17.8. The van der Waals surface area contributed by atoms with Gasteiger partial charge in [-0.15, -0.1) is 0 Å². The van der Waals surface area contributed by atoms with Crippen LogP contribution in [0, 0.1) is 5.92 Å². The highest BCUT2D eigenvalue weighted by molar-refractivity contribution is 6.31. The van der Waals surface area contributed by atoms with E-state index in [0.717, 1.165) is 19.3 Å². The fourth-order valence-electron chi connectivity index (χ4n) is 3.22. The topological polar surface area (TPSA) is 68.5 Å². The zero-order chi connectivity index (χ0) is 18.0. The van der Waals surface area contributed by atoms with Crippen LogP contribution in [0.3, 0.4) is 0 Å². The van der Waals surface area contributed by atoms with Crippen molar-refractivity contribution in [2.24, 2.45) is 5.92 Å². The van der Waals surface area contributed by atoms with E-state index >= 15 is 0 Å². The smallest absolute Gasteiger partial charge is 0.375 e. The summed E-state index contributed by atoms with van der Waals surface area (Å²) in [5.41, 5.74) is 0.546. The standard InChI is InChI=1S/C19H22ClNO4/c1-11-5-3-4-6-15(11)21-18(22)12(2)24-19(23)17-10-13-9-14(20)7-8-16(13)25-17/h7-12,15H,3-6H2,1-2H3,(H,21,22)/t11-,12-,15-/m1/s1. The summed E-state index contributed by atoms with van der Waals surface area (Å²) >= 11 is 5.93. The number of ether oxygens (including phenoxy) is 1. The average Bonchev–Trinajstić information content (AvgIpc) is 3.00.